The van der Waals surface area contributed by atoms with Crippen molar-refractivity contribution in [2.45, 2.75) is 37.1 Å². The molecule has 1 aliphatic rings. The van der Waals surface area contributed by atoms with Gasteiger partial charge in [0, 0.05) is 10.4 Å². The van der Waals surface area contributed by atoms with E-state index in [4.69, 9.17) is 0 Å². The van der Waals surface area contributed by atoms with E-state index in [9.17, 15) is 0 Å². The Morgan fingerprint density at radius 2 is 2.20 bits per heavy atom. The Morgan fingerprint density at radius 1 is 1.40 bits per heavy atom. The molecule has 15 heavy (non-hydrogen) atoms. The van der Waals surface area contributed by atoms with Crippen LogP contribution < -0.4 is 5.32 Å². The summed E-state index contributed by atoms with van der Waals surface area (Å²) >= 11 is 1.85. The lowest BCUT2D eigenvalue weighted by atomic mass is 9.90. The summed E-state index contributed by atoms with van der Waals surface area (Å²) in [7, 11) is 0. The Hall–Kier alpha value is -0.470. The molecule has 1 N–H and O–H groups in total. The van der Waals surface area contributed by atoms with Crippen LogP contribution in [-0.4, -0.2) is 12.8 Å². The summed E-state index contributed by atoms with van der Waals surface area (Å²) in [6, 6.07) is 6.81. The Kier molecular flexibility index (Phi) is 3.08. The van der Waals surface area contributed by atoms with Crippen LogP contribution >= 0.6 is 11.8 Å². The summed E-state index contributed by atoms with van der Waals surface area (Å²) in [6.07, 6.45) is 4.71. The van der Waals surface area contributed by atoms with Gasteiger partial charge in [-0.2, -0.15) is 0 Å². The molecule has 0 bridgehead atoms. The summed E-state index contributed by atoms with van der Waals surface area (Å²) in [5, 5.41) is 3.63. The summed E-state index contributed by atoms with van der Waals surface area (Å²) in [5.74, 6) is 0. The molecule has 2 heteroatoms. The van der Waals surface area contributed by atoms with Crippen LogP contribution in [0, 0.1) is 6.92 Å². The average Bonchev–Trinajstić information content (AvgIpc) is 2.66. The van der Waals surface area contributed by atoms with Crippen molar-refractivity contribution >= 4 is 11.8 Å². The highest BCUT2D eigenvalue weighted by Gasteiger charge is 2.31. The zero-order chi connectivity index (χ0) is 10.9. The minimum absolute atomic E-state index is 0.200. The van der Waals surface area contributed by atoms with Crippen molar-refractivity contribution in [3.05, 3.63) is 29.3 Å². The van der Waals surface area contributed by atoms with Gasteiger partial charge < -0.3 is 5.32 Å². The lowest BCUT2D eigenvalue weighted by Crippen LogP contribution is -2.33. The SMILES string of the molecule is CSc1cc(C)ccc1C1(C)CCCN1. The van der Waals surface area contributed by atoms with E-state index in [1.807, 2.05) is 11.8 Å². The number of benzene rings is 1. The minimum atomic E-state index is 0.200. The molecule has 1 unspecified atom stereocenters. The molecule has 1 atom stereocenters. The lowest BCUT2D eigenvalue weighted by molar-refractivity contribution is 0.427. The lowest BCUT2D eigenvalue weighted by Gasteiger charge is -2.27. The summed E-state index contributed by atoms with van der Waals surface area (Å²) < 4.78 is 0. The number of nitrogens with one attached hydrogen (secondary N) is 1. The molecule has 0 saturated carbocycles. The van der Waals surface area contributed by atoms with Gasteiger partial charge in [0.15, 0.2) is 0 Å². The molecule has 1 saturated heterocycles. The van der Waals surface area contributed by atoms with Crippen LogP contribution in [0.5, 0.6) is 0 Å². The van der Waals surface area contributed by atoms with Crippen LogP contribution in [0.4, 0.5) is 0 Å². The third-order valence-corrected chi connectivity index (χ3v) is 4.10. The van der Waals surface area contributed by atoms with Crippen molar-refractivity contribution < 1.29 is 0 Å². The highest BCUT2D eigenvalue weighted by Crippen LogP contribution is 2.36. The first-order valence-electron chi connectivity index (χ1n) is 5.56. The molecular formula is C13H19NS. The predicted octanol–water partition coefficient (Wildman–Crippen LogP) is 3.32. The minimum Gasteiger partial charge on any atom is -0.308 e. The van der Waals surface area contributed by atoms with Gasteiger partial charge in [0.25, 0.3) is 0 Å². The van der Waals surface area contributed by atoms with E-state index in [-0.39, 0.29) is 5.54 Å². The van der Waals surface area contributed by atoms with Crippen molar-refractivity contribution in [3.8, 4) is 0 Å². The first-order chi connectivity index (χ1) is 7.15. The van der Waals surface area contributed by atoms with E-state index < -0.39 is 0 Å². The first-order valence-corrected chi connectivity index (χ1v) is 6.78. The van der Waals surface area contributed by atoms with E-state index >= 15 is 0 Å². The van der Waals surface area contributed by atoms with Crippen LogP contribution in [-0.2, 0) is 5.54 Å². The van der Waals surface area contributed by atoms with Crippen molar-refractivity contribution in [1.82, 2.24) is 5.32 Å². The smallest absolute Gasteiger partial charge is 0.0417 e. The fourth-order valence-electron chi connectivity index (χ4n) is 2.38. The van der Waals surface area contributed by atoms with Gasteiger partial charge in [-0.05, 0) is 56.7 Å². The molecule has 1 fully saturated rings. The molecule has 1 aromatic carbocycles. The summed E-state index contributed by atoms with van der Waals surface area (Å²) in [5.41, 5.74) is 3.02. The van der Waals surface area contributed by atoms with Gasteiger partial charge in [0.1, 0.15) is 0 Å². The van der Waals surface area contributed by atoms with Crippen LogP contribution in [0.15, 0.2) is 23.1 Å². The van der Waals surface area contributed by atoms with Crippen molar-refractivity contribution in [2.75, 3.05) is 12.8 Å². The second-order valence-corrected chi connectivity index (χ2v) is 5.41. The highest BCUT2D eigenvalue weighted by atomic mass is 32.2. The van der Waals surface area contributed by atoms with E-state index in [1.165, 1.54) is 28.9 Å². The molecule has 2 rings (SSSR count). The maximum atomic E-state index is 3.63. The fourth-order valence-corrected chi connectivity index (χ4v) is 3.20. The van der Waals surface area contributed by atoms with Crippen LogP contribution in [0.3, 0.4) is 0 Å². The van der Waals surface area contributed by atoms with Gasteiger partial charge in [0.05, 0.1) is 0 Å². The molecule has 0 amide bonds. The maximum absolute atomic E-state index is 3.63. The van der Waals surface area contributed by atoms with Gasteiger partial charge in [-0.1, -0.05) is 12.1 Å². The maximum Gasteiger partial charge on any atom is 0.0417 e. The highest BCUT2D eigenvalue weighted by molar-refractivity contribution is 7.98. The number of thioether (sulfide) groups is 1. The largest absolute Gasteiger partial charge is 0.308 e. The van der Waals surface area contributed by atoms with Gasteiger partial charge in [-0.15, -0.1) is 11.8 Å². The second kappa shape index (κ2) is 4.18. The van der Waals surface area contributed by atoms with E-state index in [2.05, 4.69) is 43.6 Å². The van der Waals surface area contributed by atoms with Gasteiger partial charge in [-0.3, -0.25) is 0 Å². The fraction of sp³-hybridized carbons (Fsp3) is 0.538. The predicted molar refractivity (Wildman–Crippen MR) is 67.5 cm³/mol. The zero-order valence-corrected chi connectivity index (χ0v) is 10.6. The quantitative estimate of drug-likeness (QED) is 0.769. The zero-order valence-electron chi connectivity index (χ0n) is 9.76. The molecule has 0 spiro atoms. The van der Waals surface area contributed by atoms with Gasteiger partial charge in [0.2, 0.25) is 0 Å². The number of hydrogen-bond donors (Lipinski definition) is 1. The van der Waals surface area contributed by atoms with Crippen LogP contribution in [0.1, 0.15) is 30.9 Å². The number of hydrogen-bond acceptors (Lipinski definition) is 2. The molecule has 1 nitrogen and oxygen atoms in total. The number of rotatable bonds is 2. The van der Waals surface area contributed by atoms with E-state index in [0.717, 1.165) is 6.54 Å². The molecular weight excluding hydrogens is 202 g/mol. The number of aryl methyl sites for hydroxylation is 1. The normalized spacial score (nSPS) is 25.8. The molecule has 1 aromatic rings. The Balaban J connectivity index is 2.42. The first kappa shape index (κ1) is 11.0. The molecule has 0 aliphatic carbocycles. The van der Waals surface area contributed by atoms with Crippen LogP contribution in [0.25, 0.3) is 0 Å². The topological polar surface area (TPSA) is 12.0 Å². The summed E-state index contributed by atoms with van der Waals surface area (Å²) in [4.78, 5) is 1.42. The molecule has 82 valence electrons. The van der Waals surface area contributed by atoms with E-state index in [0.29, 0.717) is 0 Å². The Labute approximate surface area is 96.7 Å². The standard InChI is InChI=1S/C13H19NS/c1-10-5-6-11(12(9-10)15-3)13(2)7-4-8-14-13/h5-6,9,14H,4,7-8H2,1-3H3. The molecule has 0 radical (unpaired) electrons. The average molecular weight is 221 g/mol. The van der Waals surface area contributed by atoms with Crippen molar-refractivity contribution in [1.29, 1.82) is 0 Å². The van der Waals surface area contributed by atoms with Crippen molar-refractivity contribution in [3.63, 3.8) is 0 Å². The molecule has 1 aliphatic heterocycles. The monoisotopic (exact) mass is 221 g/mol. The Bertz CT molecular complexity index is 354. The second-order valence-electron chi connectivity index (χ2n) is 4.57. The van der Waals surface area contributed by atoms with E-state index in [1.54, 1.807) is 0 Å². The summed E-state index contributed by atoms with van der Waals surface area (Å²) in [6.45, 7) is 5.64. The van der Waals surface area contributed by atoms with Crippen molar-refractivity contribution in [2.24, 2.45) is 0 Å². The van der Waals surface area contributed by atoms with Gasteiger partial charge in [-0.25, -0.2) is 0 Å². The third kappa shape index (κ3) is 2.06. The van der Waals surface area contributed by atoms with Gasteiger partial charge >= 0.3 is 0 Å². The van der Waals surface area contributed by atoms with Crippen LogP contribution in [0.2, 0.25) is 0 Å². The third-order valence-electron chi connectivity index (χ3n) is 3.32. The molecule has 0 aromatic heterocycles. The molecule has 1 heterocycles. The Morgan fingerprint density at radius 3 is 2.80 bits per heavy atom.